The average Bonchev–Trinajstić information content (AvgIpc) is 3.01. The van der Waals surface area contributed by atoms with Gasteiger partial charge in [0.15, 0.2) is 5.82 Å². The summed E-state index contributed by atoms with van der Waals surface area (Å²) in [6.45, 7) is 2.63. The van der Waals surface area contributed by atoms with Crippen LogP contribution in [0.25, 0.3) is 0 Å². The molecular weight excluding hydrogens is 240 g/mol. The summed E-state index contributed by atoms with van der Waals surface area (Å²) >= 11 is 0. The van der Waals surface area contributed by atoms with Gasteiger partial charge in [-0.05, 0) is 12.0 Å². The molecule has 0 amide bonds. The van der Waals surface area contributed by atoms with Crippen molar-refractivity contribution in [2.45, 2.75) is 25.4 Å². The molecule has 0 aliphatic carbocycles. The highest BCUT2D eigenvalue weighted by atomic mass is 16.5. The third kappa shape index (κ3) is 3.19. The second-order valence-electron chi connectivity index (χ2n) is 5.05. The first-order valence-electron chi connectivity index (χ1n) is 6.63. The maximum absolute atomic E-state index is 5.88. The first-order valence-corrected chi connectivity index (χ1v) is 6.63. The molecule has 1 aliphatic heterocycles. The van der Waals surface area contributed by atoms with Crippen molar-refractivity contribution in [2.75, 3.05) is 13.1 Å². The molecule has 0 bridgehead atoms. The van der Waals surface area contributed by atoms with Crippen LogP contribution in [0.2, 0.25) is 0 Å². The summed E-state index contributed by atoms with van der Waals surface area (Å²) in [5.74, 6) is 1.42. The van der Waals surface area contributed by atoms with Crippen LogP contribution in [-0.2, 0) is 13.0 Å². The van der Waals surface area contributed by atoms with Crippen molar-refractivity contribution >= 4 is 0 Å². The molecule has 0 spiro atoms. The molecule has 1 saturated heterocycles. The van der Waals surface area contributed by atoms with Crippen molar-refractivity contribution in [3.8, 4) is 0 Å². The van der Waals surface area contributed by atoms with Gasteiger partial charge in [0.25, 0.3) is 0 Å². The summed E-state index contributed by atoms with van der Waals surface area (Å²) in [6, 6.07) is 10.4. The highest BCUT2D eigenvalue weighted by Crippen LogP contribution is 2.12. The van der Waals surface area contributed by atoms with E-state index in [0.717, 1.165) is 25.3 Å². The van der Waals surface area contributed by atoms with Gasteiger partial charge in [0.1, 0.15) is 0 Å². The van der Waals surface area contributed by atoms with E-state index in [-0.39, 0.29) is 6.04 Å². The Labute approximate surface area is 112 Å². The molecule has 1 fully saturated rings. The van der Waals surface area contributed by atoms with Crippen LogP contribution in [0.3, 0.4) is 0 Å². The number of rotatable bonds is 4. The van der Waals surface area contributed by atoms with Crippen LogP contribution in [0, 0.1) is 0 Å². The van der Waals surface area contributed by atoms with E-state index in [1.165, 1.54) is 5.56 Å². The summed E-state index contributed by atoms with van der Waals surface area (Å²) < 4.78 is 5.29. The van der Waals surface area contributed by atoms with Gasteiger partial charge >= 0.3 is 0 Å². The summed E-state index contributed by atoms with van der Waals surface area (Å²) in [5, 5.41) is 4.03. The van der Waals surface area contributed by atoms with Crippen LogP contribution >= 0.6 is 0 Å². The zero-order valence-electron chi connectivity index (χ0n) is 10.8. The van der Waals surface area contributed by atoms with Gasteiger partial charge in [-0.25, -0.2) is 0 Å². The van der Waals surface area contributed by atoms with E-state index in [0.29, 0.717) is 18.9 Å². The SMILES string of the molecule is N[C@H]1CCN(Cc2nc(Cc3ccccc3)no2)C1. The molecule has 0 unspecified atom stereocenters. The van der Waals surface area contributed by atoms with Crippen molar-refractivity contribution in [1.82, 2.24) is 15.0 Å². The first-order chi connectivity index (χ1) is 9.29. The third-order valence-electron chi connectivity index (χ3n) is 3.38. The second-order valence-corrected chi connectivity index (χ2v) is 5.05. The molecule has 0 saturated carbocycles. The van der Waals surface area contributed by atoms with E-state index < -0.39 is 0 Å². The minimum atomic E-state index is 0.284. The lowest BCUT2D eigenvalue weighted by Gasteiger charge is -2.10. The van der Waals surface area contributed by atoms with Crippen molar-refractivity contribution in [3.63, 3.8) is 0 Å². The number of nitrogens with zero attached hydrogens (tertiary/aromatic N) is 3. The summed E-state index contributed by atoms with van der Waals surface area (Å²) in [7, 11) is 0. The predicted molar refractivity (Wildman–Crippen MR) is 71.4 cm³/mol. The highest BCUT2D eigenvalue weighted by molar-refractivity contribution is 5.18. The summed E-state index contributed by atoms with van der Waals surface area (Å²) in [6.07, 6.45) is 1.76. The quantitative estimate of drug-likeness (QED) is 0.892. The van der Waals surface area contributed by atoms with Crippen molar-refractivity contribution in [3.05, 3.63) is 47.6 Å². The Balaban J connectivity index is 1.60. The molecule has 100 valence electrons. The third-order valence-corrected chi connectivity index (χ3v) is 3.38. The average molecular weight is 258 g/mol. The Hall–Kier alpha value is -1.72. The fourth-order valence-corrected chi connectivity index (χ4v) is 2.40. The van der Waals surface area contributed by atoms with Crippen molar-refractivity contribution in [2.24, 2.45) is 5.73 Å². The van der Waals surface area contributed by atoms with Gasteiger partial charge in [-0.1, -0.05) is 35.5 Å². The van der Waals surface area contributed by atoms with E-state index in [1.54, 1.807) is 0 Å². The van der Waals surface area contributed by atoms with Gasteiger partial charge in [-0.3, -0.25) is 4.90 Å². The van der Waals surface area contributed by atoms with Gasteiger partial charge in [0, 0.05) is 25.6 Å². The van der Waals surface area contributed by atoms with E-state index in [4.69, 9.17) is 10.3 Å². The number of likely N-dealkylation sites (tertiary alicyclic amines) is 1. The van der Waals surface area contributed by atoms with Gasteiger partial charge in [-0.15, -0.1) is 0 Å². The molecule has 2 heterocycles. The molecule has 0 radical (unpaired) electrons. The van der Waals surface area contributed by atoms with E-state index in [9.17, 15) is 0 Å². The molecule has 19 heavy (non-hydrogen) atoms. The van der Waals surface area contributed by atoms with Crippen LogP contribution in [0.1, 0.15) is 23.7 Å². The lowest BCUT2D eigenvalue weighted by molar-refractivity contribution is 0.265. The Morgan fingerprint density at radius 3 is 2.89 bits per heavy atom. The Bertz CT molecular complexity index is 525. The van der Waals surface area contributed by atoms with Crippen LogP contribution in [0.4, 0.5) is 0 Å². The molecule has 2 aromatic rings. The zero-order valence-corrected chi connectivity index (χ0v) is 10.8. The molecule has 1 atom stereocenters. The molecule has 2 N–H and O–H groups in total. The van der Waals surface area contributed by atoms with Gasteiger partial charge in [-0.2, -0.15) is 4.98 Å². The Kier molecular flexibility index (Phi) is 3.57. The molecule has 1 aromatic carbocycles. The number of hydrogen-bond donors (Lipinski definition) is 1. The molecule has 3 rings (SSSR count). The highest BCUT2D eigenvalue weighted by Gasteiger charge is 2.21. The maximum Gasteiger partial charge on any atom is 0.240 e. The lowest BCUT2D eigenvalue weighted by Crippen LogP contribution is -2.26. The second kappa shape index (κ2) is 5.50. The van der Waals surface area contributed by atoms with E-state index in [2.05, 4.69) is 27.2 Å². The lowest BCUT2D eigenvalue weighted by atomic mass is 10.1. The topological polar surface area (TPSA) is 68.2 Å². The minimum absolute atomic E-state index is 0.284. The fourth-order valence-electron chi connectivity index (χ4n) is 2.40. The number of benzene rings is 1. The Morgan fingerprint density at radius 2 is 2.16 bits per heavy atom. The Morgan fingerprint density at radius 1 is 1.32 bits per heavy atom. The van der Waals surface area contributed by atoms with Crippen molar-refractivity contribution < 1.29 is 4.52 Å². The summed E-state index contributed by atoms with van der Waals surface area (Å²) in [5.41, 5.74) is 7.07. The van der Waals surface area contributed by atoms with Crippen LogP contribution < -0.4 is 5.73 Å². The first kappa shape index (κ1) is 12.3. The van der Waals surface area contributed by atoms with Crippen LogP contribution in [-0.4, -0.2) is 34.2 Å². The molecule has 1 aliphatic rings. The fraction of sp³-hybridized carbons (Fsp3) is 0.429. The van der Waals surface area contributed by atoms with Gasteiger partial charge < -0.3 is 10.3 Å². The van der Waals surface area contributed by atoms with Gasteiger partial charge in [0.05, 0.1) is 6.54 Å². The van der Waals surface area contributed by atoms with Gasteiger partial charge in [0.2, 0.25) is 5.89 Å². The summed E-state index contributed by atoms with van der Waals surface area (Å²) in [4.78, 5) is 6.69. The molecule has 5 nitrogen and oxygen atoms in total. The van der Waals surface area contributed by atoms with E-state index >= 15 is 0 Å². The standard InChI is InChI=1S/C14H18N4O/c15-12-6-7-18(9-12)10-14-16-13(17-19-14)8-11-4-2-1-3-5-11/h1-5,12H,6-10,15H2/t12-/m0/s1. The predicted octanol–water partition coefficient (Wildman–Crippen LogP) is 1.19. The van der Waals surface area contributed by atoms with Crippen LogP contribution in [0.5, 0.6) is 0 Å². The van der Waals surface area contributed by atoms with Crippen LogP contribution in [0.15, 0.2) is 34.9 Å². The smallest absolute Gasteiger partial charge is 0.240 e. The largest absolute Gasteiger partial charge is 0.338 e. The maximum atomic E-state index is 5.88. The number of nitrogens with two attached hydrogens (primary N) is 1. The normalized spacial score (nSPS) is 19.9. The number of aromatic nitrogens is 2. The minimum Gasteiger partial charge on any atom is -0.338 e. The molecule has 1 aromatic heterocycles. The monoisotopic (exact) mass is 258 g/mol. The zero-order chi connectivity index (χ0) is 13.1. The molecule has 5 heteroatoms. The molecular formula is C14H18N4O. The van der Waals surface area contributed by atoms with Crippen molar-refractivity contribution in [1.29, 1.82) is 0 Å². The van der Waals surface area contributed by atoms with E-state index in [1.807, 2.05) is 18.2 Å². The number of hydrogen-bond acceptors (Lipinski definition) is 5.